The van der Waals surface area contributed by atoms with Crippen molar-refractivity contribution in [1.82, 2.24) is 4.90 Å². The van der Waals surface area contributed by atoms with E-state index in [9.17, 15) is 4.79 Å². The lowest BCUT2D eigenvalue weighted by atomic mass is 10.0. The zero-order valence-corrected chi connectivity index (χ0v) is 15.0. The van der Waals surface area contributed by atoms with Gasteiger partial charge in [0.15, 0.2) is 0 Å². The summed E-state index contributed by atoms with van der Waals surface area (Å²) in [5.41, 5.74) is 0.957. The van der Waals surface area contributed by atoms with E-state index in [0.29, 0.717) is 10.1 Å². The zero-order valence-electron chi connectivity index (χ0n) is 11.9. The quantitative estimate of drug-likeness (QED) is 0.662. The van der Waals surface area contributed by atoms with Crippen LogP contribution in [0.5, 0.6) is 0 Å². The molecule has 2 aliphatic rings. The van der Waals surface area contributed by atoms with Gasteiger partial charge in [0.25, 0.3) is 0 Å². The van der Waals surface area contributed by atoms with Crippen LogP contribution in [0.25, 0.3) is 4.91 Å². The third kappa shape index (κ3) is 3.28. The maximum absolute atomic E-state index is 12.7. The lowest BCUT2D eigenvalue weighted by Gasteiger charge is -2.30. The van der Waals surface area contributed by atoms with Crippen LogP contribution >= 0.6 is 46.6 Å². The Hall–Kier alpha value is -0.350. The Morgan fingerprint density at radius 2 is 1.73 bits per heavy atom. The van der Waals surface area contributed by atoms with Crippen LogP contribution in [0.2, 0.25) is 5.02 Å². The minimum absolute atomic E-state index is 0.0566. The predicted octanol–water partition coefficient (Wildman–Crippen LogP) is 5.19. The summed E-state index contributed by atoms with van der Waals surface area (Å²) in [7, 11) is 0. The number of hydrogen-bond donors (Lipinski definition) is 0. The molecule has 1 aromatic carbocycles. The first-order chi connectivity index (χ1) is 10.6. The minimum atomic E-state index is -0.447. The van der Waals surface area contributed by atoms with E-state index in [1.165, 1.54) is 18.2 Å². The number of thioether (sulfide) groups is 1. The normalized spacial score (nSPS) is 25.7. The first kappa shape index (κ1) is 16.5. The molecule has 0 saturated carbocycles. The monoisotopic (exact) mass is 375 g/mol. The second-order valence-electron chi connectivity index (χ2n) is 5.52. The lowest BCUT2D eigenvalue weighted by Crippen LogP contribution is -2.41. The molecule has 1 saturated heterocycles. The summed E-state index contributed by atoms with van der Waals surface area (Å²) in [4.78, 5) is 15.5. The highest BCUT2D eigenvalue weighted by Gasteiger charge is 2.41. The lowest BCUT2D eigenvalue weighted by molar-refractivity contribution is -0.134. The van der Waals surface area contributed by atoms with Crippen LogP contribution in [0.3, 0.4) is 0 Å². The van der Waals surface area contributed by atoms with Crippen LogP contribution < -0.4 is 0 Å². The molecule has 2 aliphatic heterocycles. The van der Waals surface area contributed by atoms with Crippen LogP contribution in [-0.2, 0) is 4.79 Å². The van der Waals surface area contributed by atoms with Crippen molar-refractivity contribution in [2.24, 2.45) is 5.92 Å². The number of amides is 1. The van der Waals surface area contributed by atoms with Gasteiger partial charge in [-0.1, -0.05) is 35.3 Å². The van der Waals surface area contributed by atoms with E-state index < -0.39 is 5.92 Å². The largest absolute Gasteiger partial charge is 0.342 e. The van der Waals surface area contributed by atoms with Gasteiger partial charge in [0.2, 0.25) is 5.91 Å². The Balaban J connectivity index is 1.85. The maximum atomic E-state index is 12.7. The number of benzene rings is 1. The number of halogens is 3. The van der Waals surface area contributed by atoms with Crippen molar-refractivity contribution in [3.8, 4) is 0 Å². The van der Waals surface area contributed by atoms with Gasteiger partial charge in [-0.25, -0.2) is 0 Å². The van der Waals surface area contributed by atoms with Gasteiger partial charge >= 0.3 is 0 Å². The van der Waals surface area contributed by atoms with Gasteiger partial charge in [0.05, 0.1) is 0 Å². The number of carbonyl (C=O) groups is 1. The summed E-state index contributed by atoms with van der Waals surface area (Å²) < 4.78 is -0.354. The molecule has 2 nitrogen and oxygen atoms in total. The van der Waals surface area contributed by atoms with E-state index in [2.05, 4.69) is 0 Å². The highest BCUT2D eigenvalue weighted by atomic mass is 35.5. The Labute approximate surface area is 149 Å². The summed E-state index contributed by atoms with van der Waals surface area (Å²) in [6, 6.07) is 7.45. The number of carbonyl (C=O) groups excluding carboxylic acids is 1. The number of hydrogen-bond acceptors (Lipinski definition) is 2. The highest BCUT2D eigenvalue weighted by molar-refractivity contribution is 8.10. The van der Waals surface area contributed by atoms with Gasteiger partial charge in [-0.2, -0.15) is 0 Å². The Kier molecular flexibility index (Phi) is 5.28. The first-order valence-corrected chi connectivity index (χ1v) is 9.40. The Morgan fingerprint density at radius 1 is 1.09 bits per heavy atom. The number of rotatable bonds is 2. The van der Waals surface area contributed by atoms with Gasteiger partial charge < -0.3 is 4.90 Å². The summed E-state index contributed by atoms with van der Waals surface area (Å²) in [5.74, 6) is -0.390. The molecule has 2 heterocycles. The molecule has 0 bridgehead atoms. The standard InChI is InChI=1S/C16H16Cl3NOS/c17-11-6-4-10(5-7-11)14-13(18)12(15(19)22-14)16(21)20-8-2-1-3-9-20/h4-7,12,15H,1-3,8-9H2. The molecule has 6 heteroatoms. The summed E-state index contributed by atoms with van der Waals surface area (Å²) in [6.45, 7) is 1.62. The summed E-state index contributed by atoms with van der Waals surface area (Å²) in [6.07, 6.45) is 3.31. The molecule has 1 aromatic rings. The van der Waals surface area contributed by atoms with Crippen LogP contribution in [0.15, 0.2) is 29.3 Å². The zero-order chi connectivity index (χ0) is 15.7. The van der Waals surface area contributed by atoms with E-state index in [-0.39, 0.29) is 10.6 Å². The molecule has 0 aromatic heterocycles. The van der Waals surface area contributed by atoms with Crippen molar-refractivity contribution in [1.29, 1.82) is 0 Å². The molecule has 0 spiro atoms. The SMILES string of the molecule is O=C(C1C(Cl)=C(c2ccc(Cl)cc2)SC1Cl)N1CCCCC1. The summed E-state index contributed by atoms with van der Waals surface area (Å²) in [5, 5.41) is 1.23. The van der Waals surface area contributed by atoms with Crippen LogP contribution in [-0.4, -0.2) is 28.6 Å². The van der Waals surface area contributed by atoms with E-state index in [4.69, 9.17) is 34.8 Å². The third-order valence-electron chi connectivity index (χ3n) is 4.02. The molecule has 2 unspecified atom stereocenters. The fraction of sp³-hybridized carbons (Fsp3) is 0.438. The van der Waals surface area contributed by atoms with Crippen molar-refractivity contribution in [2.75, 3.05) is 13.1 Å². The molecular weight excluding hydrogens is 361 g/mol. The smallest absolute Gasteiger partial charge is 0.233 e. The van der Waals surface area contributed by atoms with E-state index in [1.54, 1.807) is 0 Å². The first-order valence-electron chi connectivity index (χ1n) is 7.33. The molecule has 2 atom stereocenters. The van der Waals surface area contributed by atoms with E-state index in [0.717, 1.165) is 36.4 Å². The summed E-state index contributed by atoms with van der Waals surface area (Å²) >= 11 is 20.3. The molecule has 1 fully saturated rings. The fourth-order valence-electron chi connectivity index (χ4n) is 2.83. The molecular formula is C16H16Cl3NOS. The van der Waals surface area contributed by atoms with Crippen molar-refractivity contribution in [3.05, 3.63) is 39.9 Å². The van der Waals surface area contributed by atoms with Crippen LogP contribution in [0.4, 0.5) is 0 Å². The highest BCUT2D eigenvalue weighted by Crippen LogP contribution is 2.51. The van der Waals surface area contributed by atoms with Crippen molar-refractivity contribution in [3.63, 3.8) is 0 Å². The fourth-order valence-corrected chi connectivity index (χ4v) is 5.19. The average molecular weight is 377 g/mol. The number of nitrogens with zero attached hydrogens (tertiary/aromatic N) is 1. The molecule has 0 radical (unpaired) electrons. The maximum Gasteiger partial charge on any atom is 0.233 e. The third-order valence-corrected chi connectivity index (χ3v) is 6.52. The van der Waals surface area contributed by atoms with E-state index in [1.807, 2.05) is 29.2 Å². The molecule has 1 amide bonds. The Morgan fingerprint density at radius 3 is 2.36 bits per heavy atom. The number of alkyl halides is 1. The van der Waals surface area contributed by atoms with Gasteiger partial charge in [-0.05, 0) is 37.0 Å². The van der Waals surface area contributed by atoms with Gasteiger partial charge in [-0.15, -0.1) is 23.4 Å². The van der Waals surface area contributed by atoms with Gasteiger partial charge in [0, 0.05) is 28.0 Å². The molecule has 118 valence electrons. The Bertz CT molecular complexity index is 596. The second kappa shape index (κ2) is 7.04. The molecule has 3 rings (SSSR count). The van der Waals surface area contributed by atoms with E-state index >= 15 is 0 Å². The van der Waals surface area contributed by atoms with Crippen molar-refractivity contribution in [2.45, 2.75) is 24.0 Å². The van der Waals surface area contributed by atoms with Crippen molar-refractivity contribution >= 4 is 57.4 Å². The minimum Gasteiger partial charge on any atom is -0.342 e. The second-order valence-corrected chi connectivity index (χ2v) is 8.24. The van der Waals surface area contributed by atoms with Crippen LogP contribution in [0.1, 0.15) is 24.8 Å². The topological polar surface area (TPSA) is 20.3 Å². The predicted molar refractivity (Wildman–Crippen MR) is 95.4 cm³/mol. The molecule has 0 aliphatic carbocycles. The number of likely N-dealkylation sites (tertiary alicyclic amines) is 1. The van der Waals surface area contributed by atoms with Gasteiger partial charge in [0.1, 0.15) is 10.6 Å². The molecule has 0 N–H and O–H groups in total. The van der Waals surface area contributed by atoms with Crippen LogP contribution in [0, 0.1) is 5.92 Å². The van der Waals surface area contributed by atoms with Gasteiger partial charge in [-0.3, -0.25) is 4.79 Å². The number of piperidine rings is 1. The van der Waals surface area contributed by atoms with Crippen molar-refractivity contribution < 1.29 is 4.79 Å². The average Bonchev–Trinajstić information content (AvgIpc) is 2.83. The molecule has 22 heavy (non-hydrogen) atoms.